The monoisotopic (exact) mass is 271 g/mol. The molecule has 7 heteroatoms. The van der Waals surface area contributed by atoms with Crippen molar-refractivity contribution in [3.63, 3.8) is 0 Å². The number of thiophene rings is 1. The molecule has 0 bridgehead atoms. The molecule has 1 aromatic heterocycles. The normalized spacial score (nSPS) is 34.9. The number of rotatable bonds is 2. The third-order valence-electron chi connectivity index (χ3n) is 3.73. The quantitative estimate of drug-likeness (QED) is 0.611. The van der Waals surface area contributed by atoms with Crippen LogP contribution in [0.1, 0.15) is 9.67 Å². The Hall–Kier alpha value is -2.51. The number of amides is 2. The number of ketones is 1. The van der Waals surface area contributed by atoms with Crippen molar-refractivity contribution in [2.45, 2.75) is 0 Å². The van der Waals surface area contributed by atoms with Crippen LogP contribution in [-0.2, 0) is 9.59 Å². The molecular weight excluding hydrogens is 266 g/mol. The molecule has 1 aliphatic carbocycles. The first-order valence-electron chi connectivity index (χ1n) is 5.32. The maximum atomic E-state index is 12.3. The predicted octanol–water partition coefficient (Wildman–Crippen LogP) is 0.237. The van der Waals surface area contributed by atoms with E-state index in [4.69, 9.17) is 0 Å². The van der Waals surface area contributed by atoms with Gasteiger partial charge in [-0.2, -0.15) is 10.5 Å². The first-order chi connectivity index (χ1) is 9.06. The average molecular weight is 271 g/mol. The molecule has 1 saturated carbocycles. The van der Waals surface area contributed by atoms with E-state index < -0.39 is 34.3 Å². The van der Waals surface area contributed by atoms with E-state index in [2.05, 4.69) is 0 Å². The van der Waals surface area contributed by atoms with E-state index in [0.717, 1.165) is 11.3 Å². The van der Waals surface area contributed by atoms with Gasteiger partial charge in [-0.15, -0.1) is 11.3 Å². The third kappa shape index (κ3) is 0.985. The summed E-state index contributed by atoms with van der Waals surface area (Å²) >= 11 is 1.15. The molecule has 2 amide bonds. The van der Waals surface area contributed by atoms with Crippen molar-refractivity contribution in [3.05, 3.63) is 22.4 Å². The molecule has 1 N–H and O–H groups in total. The number of nitriles is 2. The summed E-state index contributed by atoms with van der Waals surface area (Å²) in [5, 5.41) is 22.0. The predicted molar refractivity (Wildman–Crippen MR) is 61.4 cm³/mol. The molecule has 2 atom stereocenters. The van der Waals surface area contributed by atoms with Crippen molar-refractivity contribution in [2.75, 3.05) is 0 Å². The second-order valence-corrected chi connectivity index (χ2v) is 5.35. The summed E-state index contributed by atoms with van der Waals surface area (Å²) in [4.78, 5) is 36.2. The van der Waals surface area contributed by atoms with E-state index in [9.17, 15) is 24.9 Å². The molecule has 3 rings (SSSR count). The Morgan fingerprint density at radius 2 is 1.84 bits per heavy atom. The number of hydrogen-bond donors (Lipinski definition) is 1. The van der Waals surface area contributed by atoms with E-state index in [-0.39, 0.29) is 0 Å². The summed E-state index contributed by atoms with van der Waals surface area (Å²) in [5.41, 5.74) is -3.72. The van der Waals surface area contributed by atoms with Crippen LogP contribution in [0.25, 0.3) is 0 Å². The lowest BCUT2D eigenvalue weighted by Crippen LogP contribution is -2.34. The first kappa shape index (κ1) is 11.6. The van der Waals surface area contributed by atoms with Gasteiger partial charge in [-0.05, 0) is 11.4 Å². The van der Waals surface area contributed by atoms with Gasteiger partial charge in [-0.25, -0.2) is 0 Å². The van der Waals surface area contributed by atoms with Crippen LogP contribution in [0.3, 0.4) is 0 Å². The molecular formula is C12H5N3O3S. The first-order valence-corrected chi connectivity index (χ1v) is 6.20. The second-order valence-electron chi connectivity index (χ2n) is 4.40. The molecule has 1 aliphatic heterocycles. The average Bonchev–Trinajstić information content (AvgIpc) is 2.69. The van der Waals surface area contributed by atoms with Gasteiger partial charge in [0.05, 0.1) is 22.9 Å². The van der Waals surface area contributed by atoms with Gasteiger partial charge in [0.1, 0.15) is 0 Å². The minimum atomic E-state index is -1.86. The molecule has 0 aromatic carbocycles. The van der Waals surface area contributed by atoms with E-state index in [1.165, 1.54) is 0 Å². The van der Waals surface area contributed by atoms with E-state index in [1.54, 1.807) is 29.7 Å². The van der Waals surface area contributed by atoms with Gasteiger partial charge < -0.3 is 0 Å². The van der Waals surface area contributed by atoms with Crippen LogP contribution in [0.15, 0.2) is 17.5 Å². The van der Waals surface area contributed by atoms with Crippen molar-refractivity contribution < 1.29 is 14.4 Å². The summed E-state index contributed by atoms with van der Waals surface area (Å²) in [6, 6.07) is 6.61. The molecule has 2 aliphatic rings. The van der Waals surface area contributed by atoms with Crippen LogP contribution in [0.2, 0.25) is 0 Å². The zero-order valence-corrected chi connectivity index (χ0v) is 10.2. The van der Waals surface area contributed by atoms with Crippen molar-refractivity contribution in [1.82, 2.24) is 5.32 Å². The minimum Gasteiger partial charge on any atom is -0.293 e. The van der Waals surface area contributed by atoms with Gasteiger partial charge in [-0.1, -0.05) is 6.07 Å². The van der Waals surface area contributed by atoms with Crippen LogP contribution in [0.4, 0.5) is 0 Å². The zero-order chi connectivity index (χ0) is 13.8. The van der Waals surface area contributed by atoms with Gasteiger partial charge >= 0.3 is 0 Å². The van der Waals surface area contributed by atoms with Crippen LogP contribution in [0.5, 0.6) is 0 Å². The van der Waals surface area contributed by atoms with Crippen molar-refractivity contribution in [1.29, 1.82) is 10.5 Å². The number of nitrogens with one attached hydrogen (secondary N) is 1. The molecule has 2 fully saturated rings. The highest BCUT2D eigenvalue weighted by atomic mass is 32.1. The number of hydrogen-bond acceptors (Lipinski definition) is 6. The fourth-order valence-electron chi connectivity index (χ4n) is 2.76. The summed E-state index contributed by atoms with van der Waals surface area (Å²) in [5.74, 6) is -3.40. The molecule has 0 radical (unpaired) electrons. The van der Waals surface area contributed by atoms with Crippen molar-refractivity contribution >= 4 is 28.9 Å². The molecule has 1 aromatic rings. The third-order valence-corrected chi connectivity index (χ3v) is 4.61. The molecule has 1 saturated heterocycles. The maximum absolute atomic E-state index is 12.3. The number of carbonyl (C=O) groups excluding carboxylic acids is 3. The lowest BCUT2D eigenvalue weighted by atomic mass is 9.98. The van der Waals surface area contributed by atoms with Crippen LogP contribution in [-0.4, -0.2) is 17.6 Å². The smallest absolute Gasteiger partial charge is 0.250 e. The summed E-state index contributed by atoms with van der Waals surface area (Å²) < 4.78 is 0. The highest BCUT2D eigenvalue weighted by molar-refractivity contribution is 7.12. The Balaban J connectivity index is 2.14. The summed E-state index contributed by atoms with van der Waals surface area (Å²) in [7, 11) is 0. The standard InChI is InChI=1S/C12H5N3O3S/c13-4-11-8(7(16)6-2-1-3-19-6)12(11,5-14)10(18)15-9(11)17/h1-3,8H,(H,15,17,18)/t11-,12-/m0/s1. The molecule has 0 spiro atoms. The van der Waals surface area contributed by atoms with Crippen LogP contribution < -0.4 is 5.32 Å². The molecule has 19 heavy (non-hydrogen) atoms. The lowest BCUT2D eigenvalue weighted by Gasteiger charge is -2.04. The molecule has 0 unspecified atom stereocenters. The highest BCUT2D eigenvalue weighted by Crippen LogP contribution is 2.72. The number of fused-ring (bicyclic) bond motifs is 1. The fraction of sp³-hybridized carbons (Fsp3) is 0.250. The largest absolute Gasteiger partial charge is 0.293 e. The fourth-order valence-corrected chi connectivity index (χ4v) is 3.45. The van der Waals surface area contributed by atoms with E-state index >= 15 is 0 Å². The van der Waals surface area contributed by atoms with Crippen molar-refractivity contribution in [3.8, 4) is 12.1 Å². The number of imide groups is 1. The SMILES string of the molecule is N#C[C@]12C(=O)NC(=O)[C@]1(C#N)C2C(=O)c1cccs1. The Bertz CT molecular complexity index is 674. The molecule has 2 heterocycles. The second kappa shape index (κ2) is 3.28. The highest BCUT2D eigenvalue weighted by Gasteiger charge is 2.92. The van der Waals surface area contributed by atoms with Crippen molar-refractivity contribution in [2.24, 2.45) is 16.7 Å². The summed E-state index contributed by atoms with van der Waals surface area (Å²) in [6.07, 6.45) is 0. The van der Waals surface area contributed by atoms with Gasteiger partial charge in [0.15, 0.2) is 16.6 Å². The Morgan fingerprint density at radius 1 is 1.26 bits per heavy atom. The number of nitrogens with zero attached hydrogens (tertiary/aromatic N) is 2. The zero-order valence-electron chi connectivity index (χ0n) is 9.34. The van der Waals surface area contributed by atoms with Gasteiger partial charge in [0.25, 0.3) is 0 Å². The van der Waals surface area contributed by atoms with Gasteiger partial charge in [-0.3, -0.25) is 19.7 Å². The Morgan fingerprint density at radius 3 is 2.26 bits per heavy atom. The Labute approximate surface area is 111 Å². The van der Waals surface area contributed by atoms with Gasteiger partial charge in [0.2, 0.25) is 11.8 Å². The maximum Gasteiger partial charge on any atom is 0.250 e. The lowest BCUT2D eigenvalue weighted by molar-refractivity contribution is -0.129. The number of Topliss-reactive ketones (excluding diaryl/α,β-unsaturated/α-hetero) is 1. The van der Waals surface area contributed by atoms with Crippen LogP contribution in [0, 0.1) is 39.4 Å². The number of piperidine rings is 1. The topological polar surface area (TPSA) is 111 Å². The molecule has 6 nitrogen and oxygen atoms in total. The van der Waals surface area contributed by atoms with Crippen LogP contribution >= 0.6 is 11.3 Å². The number of carbonyl (C=O) groups is 3. The summed E-state index contributed by atoms with van der Waals surface area (Å²) in [6.45, 7) is 0. The molecule has 92 valence electrons. The van der Waals surface area contributed by atoms with Gasteiger partial charge in [0, 0.05) is 0 Å². The van der Waals surface area contributed by atoms with E-state index in [0.29, 0.717) is 4.88 Å². The Kier molecular flexibility index (Phi) is 2.00. The minimum absolute atomic E-state index is 0.337. The van der Waals surface area contributed by atoms with E-state index in [1.807, 2.05) is 5.32 Å².